The van der Waals surface area contributed by atoms with E-state index in [1.807, 2.05) is 0 Å². The molecule has 3 heterocycles. The van der Waals surface area contributed by atoms with Crippen molar-refractivity contribution in [2.24, 2.45) is 0 Å². The first kappa shape index (κ1) is 13.9. The van der Waals surface area contributed by atoms with Crippen molar-refractivity contribution in [3.8, 4) is 0 Å². The zero-order valence-electron chi connectivity index (χ0n) is 11.1. The number of rotatable bonds is 2. The lowest BCUT2D eigenvalue weighted by Gasteiger charge is -2.26. The van der Waals surface area contributed by atoms with Gasteiger partial charge in [0.2, 0.25) is 0 Å². The van der Waals surface area contributed by atoms with E-state index in [9.17, 15) is 20.1 Å². The zero-order valence-corrected chi connectivity index (χ0v) is 11.1. The summed E-state index contributed by atoms with van der Waals surface area (Å²) < 4.78 is 6.45. The van der Waals surface area contributed by atoms with Crippen LogP contribution in [0.2, 0.25) is 0 Å². The van der Waals surface area contributed by atoms with E-state index >= 15 is 0 Å². The van der Waals surface area contributed by atoms with Gasteiger partial charge < -0.3 is 30.8 Å². The fraction of sp³-hybridized carbons (Fsp3) is 0.545. The molecule has 2 aromatic rings. The Labute approximate surface area is 117 Å². The summed E-state index contributed by atoms with van der Waals surface area (Å²) in [6.07, 6.45) is -2.42. The Morgan fingerprint density at radius 2 is 2.29 bits per heavy atom. The fourth-order valence-electron chi connectivity index (χ4n) is 2.54. The number of nitrogens with one attached hydrogen (secondary N) is 1. The number of nitrogen functional groups attached to an aromatic ring is 1. The van der Waals surface area contributed by atoms with Crippen molar-refractivity contribution in [2.45, 2.75) is 31.0 Å². The molecule has 3 rings (SSSR count). The standard InChI is InChI=1S/C11H15N5O5/c1-11(20)6(18)4(2-17)21-9(11)16-8-5(15-10(16)19)7(12)13-3-14-8/h3-4,6,9,17-18,20H,2H2,1H3,(H,15,19)(H2,12,13,14). The van der Waals surface area contributed by atoms with E-state index in [0.29, 0.717) is 0 Å². The van der Waals surface area contributed by atoms with Crippen LogP contribution in [0.5, 0.6) is 0 Å². The molecule has 1 aliphatic heterocycles. The van der Waals surface area contributed by atoms with Gasteiger partial charge in [0.1, 0.15) is 29.7 Å². The zero-order chi connectivity index (χ0) is 15.4. The summed E-state index contributed by atoms with van der Waals surface area (Å²) in [7, 11) is 0. The van der Waals surface area contributed by atoms with Gasteiger partial charge >= 0.3 is 5.69 Å². The SMILES string of the molecule is CC1(O)C(O)C(CO)OC1n1c(=O)[nH]c2c(N)ncnc21. The number of aromatic nitrogens is 4. The van der Waals surface area contributed by atoms with Gasteiger partial charge in [-0.2, -0.15) is 0 Å². The summed E-state index contributed by atoms with van der Waals surface area (Å²) >= 11 is 0. The Bertz CT molecular complexity index is 738. The Balaban J connectivity index is 2.19. The van der Waals surface area contributed by atoms with Gasteiger partial charge in [0.25, 0.3) is 0 Å². The lowest BCUT2D eigenvalue weighted by atomic mass is 9.96. The van der Waals surface area contributed by atoms with E-state index in [1.54, 1.807) is 0 Å². The third-order valence-electron chi connectivity index (χ3n) is 3.70. The van der Waals surface area contributed by atoms with Crippen molar-refractivity contribution in [2.75, 3.05) is 12.3 Å². The second-order valence-electron chi connectivity index (χ2n) is 5.14. The minimum absolute atomic E-state index is 0.0766. The molecular formula is C11H15N5O5. The maximum absolute atomic E-state index is 12.1. The van der Waals surface area contributed by atoms with Crippen LogP contribution in [-0.4, -0.2) is 59.3 Å². The Hall–Kier alpha value is -2.01. The summed E-state index contributed by atoms with van der Waals surface area (Å²) in [4.78, 5) is 22.3. The molecule has 114 valence electrons. The largest absolute Gasteiger partial charge is 0.394 e. The molecule has 0 radical (unpaired) electrons. The molecule has 4 atom stereocenters. The number of fused-ring (bicyclic) bond motifs is 1. The third-order valence-corrected chi connectivity index (χ3v) is 3.70. The molecule has 4 unspecified atom stereocenters. The minimum atomic E-state index is -1.79. The lowest BCUT2D eigenvalue weighted by molar-refractivity contribution is -0.0963. The molecule has 0 aliphatic carbocycles. The number of aromatic amines is 1. The predicted octanol–water partition coefficient (Wildman–Crippen LogP) is -2.30. The van der Waals surface area contributed by atoms with Gasteiger partial charge in [-0.3, -0.25) is 0 Å². The van der Waals surface area contributed by atoms with E-state index in [4.69, 9.17) is 10.5 Å². The van der Waals surface area contributed by atoms with Gasteiger partial charge in [0.15, 0.2) is 17.7 Å². The number of hydrogen-bond donors (Lipinski definition) is 5. The summed E-state index contributed by atoms with van der Waals surface area (Å²) in [5.74, 6) is 0.0766. The highest BCUT2D eigenvalue weighted by Gasteiger charge is 2.53. The van der Waals surface area contributed by atoms with Gasteiger partial charge in [-0.15, -0.1) is 0 Å². The first-order chi connectivity index (χ1) is 9.87. The highest BCUT2D eigenvalue weighted by Crippen LogP contribution is 2.38. The first-order valence-corrected chi connectivity index (χ1v) is 6.25. The van der Waals surface area contributed by atoms with Crippen molar-refractivity contribution in [1.29, 1.82) is 0 Å². The third kappa shape index (κ3) is 1.84. The summed E-state index contributed by atoms with van der Waals surface area (Å²) in [5, 5.41) is 29.6. The fourth-order valence-corrected chi connectivity index (χ4v) is 2.54. The Kier molecular flexibility index (Phi) is 2.99. The number of imidazole rings is 1. The lowest BCUT2D eigenvalue weighted by Crippen LogP contribution is -2.45. The maximum Gasteiger partial charge on any atom is 0.330 e. The molecule has 0 saturated carbocycles. The quantitative estimate of drug-likeness (QED) is 0.414. The molecule has 6 N–H and O–H groups in total. The highest BCUT2D eigenvalue weighted by molar-refractivity contribution is 5.81. The van der Waals surface area contributed by atoms with E-state index in [1.165, 1.54) is 13.3 Å². The van der Waals surface area contributed by atoms with Crippen molar-refractivity contribution in [3.63, 3.8) is 0 Å². The van der Waals surface area contributed by atoms with Gasteiger partial charge in [-0.05, 0) is 6.92 Å². The Morgan fingerprint density at radius 3 is 2.90 bits per heavy atom. The van der Waals surface area contributed by atoms with Gasteiger partial charge in [-0.25, -0.2) is 19.3 Å². The number of aliphatic hydroxyl groups excluding tert-OH is 2. The van der Waals surface area contributed by atoms with Crippen molar-refractivity contribution in [3.05, 3.63) is 16.8 Å². The normalized spacial score (nSPS) is 32.9. The van der Waals surface area contributed by atoms with Gasteiger partial charge in [-0.1, -0.05) is 0 Å². The summed E-state index contributed by atoms with van der Waals surface area (Å²) in [6, 6.07) is 0. The second kappa shape index (κ2) is 4.49. The van der Waals surface area contributed by atoms with Crippen molar-refractivity contribution < 1.29 is 20.1 Å². The van der Waals surface area contributed by atoms with Crippen LogP contribution in [0, 0.1) is 0 Å². The van der Waals surface area contributed by atoms with E-state index in [-0.39, 0.29) is 17.0 Å². The number of hydrogen-bond acceptors (Lipinski definition) is 8. The second-order valence-corrected chi connectivity index (χ2v) is 5.14. The molecule has 0 bridgehead atoms. The van der Waals surface area contributed by atoms with E-state index < -0.39 is 36.3 Å². The van der Waals surface area contributed by atoms with Crippen LogP contribution >= 0.6 is 0 Å². The molecule has 21 heavy (non-hydrogen) atoms. The van der Waals surface area contributed by atoms with Crippen LogP contribution in [0.15, 0.2) is 11.1 Å². The van der Waals surface area contributed by atoms with Crippen LogP contribution in [0.1, 0.15) is 13.2 Å². The smallest absolute Gasteiger partial charge is 0.330 e. The molecule has 1 saturated heterocycles. The number of aliphatic hydroxyl groups is 3. The average molecular weight is 297 g/mol. The molecule has 2 aromatic heterocycles. The molecule has 1 fully saturated rings. The van der Waals surface area contributed by atoms with E-state index in [0.717, 1.165) is 4.57 Å². The van der Waals surface area contributed by atoms with Crippen molar-refractivity contribution in [1.82, 2.24) is 19.5 Å². The van der Waals surface area contributed by atoms with Crippen LogP contribution in [0.4, 0.5) is 5.82 Å². The highest BCUT2D eigenvalue weighted by atomic mass is 16.6. The molecule has 0 aromatic carbocycles. The summed E-state index contributed by atoms with van der Waals surface area (Å²) in [6.45, 7) is 0.815. The average Bonchev–Trinajstić information content (AvgIpc) is 2.87. The van der Waals surface area contributed by atoms with Crippen LogP contribution < -0.4 is 11.4 Å². The number of nitrogens with zero attached hydrogens (tertiary/aromatic N) is 3. The molecular weight excluding hydrogens is 282 g/mol. The van der Waals surface area contributed by atoms with Crippen LogP contribution in [0.25, 0.3) is 11.2 Å². The number of anilines is 1. The minimum Gasteiger partial charge on any atom is -0.394 e. The number of ether oxygens (including phenoxy) is 1. The molecule has 0 amide bonds. The predicted molar refractivity (Wildman–Crippen MR) is 70.2 cm³/mol. The van der Waals surface area contributed by atoms with Gasteiger partial charge in [0, 0.05) is 0 Å². The molecule has 0 spiro atoms. The summed E-state index contributed by atoms with van der Waals surface area (Å²) in [5.41, 5.74) is 3.61. The molecule has 1 aliphatic rings. The van der Waals surface area contributed by atoms with Crippen molar-refractivity contribution >= 4 is 17.0 Å². The maximum atomic E-state index is 12.1. The topological polar surface area (TPSA) is 160 Å². The van der Waals surface area contributed by atoms with E-state index in [2.05, 4.69) is 15.0 Å². The van der Waals surface area contributed by atoms with Crippen LogP contribution in [0.3, 0.4) is 0 Å². The molecule has 10 nitrogen and oxygen atoms in total. The number of nitrogens with two attached hydrogens (primary N) is 1. The van der Waals surface area contributed by atoms with Crippen LogP contribution in [-0.2, 0) is 4.74 Å². The molecule has 10 heteroatoms. The van der Waals surface area contributed by atoms with Gasteiger partial charge in [0.05, 0.1) is 6.61 Å². The number of H-pyrrole nitrogens is 1. The Morgan fingerprint density at radius 1 is 1.57 bits per heavy atom. The first-order valence-electron chi connectivity index (χ1n) is 6.25. The monoisotopic (exact) mass is 297 g/mol.